The highest BCUT2D eigenvalue weighted by Gasteiger charge is 2.30. The Morgan fingerprint density at radius 1 is 1.34 bits per heavy atom. The second kappa shape index (κ2) is 7.51. The van der Waals surface area contributed by atoms with Crippen LogP contribution < -0.4 is 5.32 Å². The molecule has 1 atom stereocenters. The number of hydrogen-bond donors (Lipinski definition) is 2. The van der Waals surface area contributed by atoms with E-state index in [0.29, 0.717) is 33.1 Å². The lowest BCUT2D eigenvalue weighted by Crippen LogP contribution is -2.30. The molecular weight excluding hydrogens is 388 g/mol. The summed E-state index contributed by atoms with van der Waals surface area (Å²) in [5.74, 6) is 0.0386. The van der Waals surface area contributed by atoms with Gasteiger partial charge in [0.1, 0.15) is 6.07 Å². The summed E-state index contributed by atoms with van der Waals surface area (Å²) in [6, 6.07) is 14.8. The van der Waals surface area contributed by atoms with E-state index in [1.165, 1.54) is 0 Å². The van der Waals surface area contributed by atoms with Gasteiger partial charge in [0.05, 0.1) is 33.6 Å². The van der Waals surface area contributed by atoms with Crippen LogP contribution in [0.1, 0.15) is 49.8 Å². The fraction of sp³-hybridized carbons (Fsp3) is 0.318. The van der Waals surface area contributed by atoms with Crippen molar-refractivity contribution >= 4 is 34.5 Å². The Balaban J connectivity index is 1.67. The molecular formula is C22H21ClN4O2. The maximum absolute atomic E-state index is 12.8. The fourth-order valence-electron chi connectivity index (χ4n) is 3.74. The molecule has 1 aliphatic rings. The number of nitrogens with one attached hydrogen (secondary N) is 1. The van der Waals surface area contributed by atoms with Crippen molar-refractivity contribution in [1.82, 2.24) is 9.55 Å². The van der Waals surface area contributed by atoms with Gasteiger partial charge in [-0.2, -0.15) is 5.26 Å². The lowest BCUT2D eigenvalue weighted by molar-refractivity contribution is -0.120. The highest BCUT2D eigenvalue weighted by Crippen LogP contribution is 2.39. The van der Waals surface area contributed by atoms with E-state index >= 15 is 0 Å². The average molecular weight is 409 g/mol. The van der Waals surface area contributed by atoms with Crippen LogP contribution in [0.25, 0.3) is 11.0 Å². The summed E-state index contributed by atoms with van der Waals surface area (Å²) in [7, 11) is 0. The molecule has 1 saturated carbocycles. The van der Waals surface area contributed by atoms with Crippen LogP contribution in [0, 0.1) is 11.3 Å². The molecule has 0 saturated heterocycles. The van der Waals surface area contributed by atoms with Crippen molar-refractivity contribution in [3.05, 3.63) is 58.6 Å². The number of aliphatic hydroxyl groups is 1. The number of amides is 1. The fourth-order valence-corrected chi connectivity index (χ4v) is 3.93. The van der Waals surface area contributed by atoms with Crippen LogP contribution in [0.5, 0.6) is 0 Å². The third kappa shape index (κ3) is 3.59. The lowest BCUT2D eigenvalue weighted by Gasteiger charge is -2.29. The number of halogens is 1. The Kier molecular flexibility index (Phi) is 5.03. The number of carbonyl (C=O) groups is 1. The van der Waals surface area contributed by atoms with Crippen LogP contribution >= 0.6 is 11.6 Å². The van der Waals surface area contributed by atoms with Crippen molar-refractivity contribution in [2.45, 2.75) is 44.2 Å². The van der Waals surface area contributed by atoms with E-state index in [1.54, 1.807) is 31.2 Å². The van der Waals surface area contributed by atoms with E-state index in [1.807, 2.05) is 22.8 Å². The summed E-state index contributed by atoms with van der Waals surface area (Å²) in [6.07, 6.45) is 2.88. The van der Waals surface area contributed by atoms with Gasteiger partial charge in [0.15, 0.2) is 0 Å². The number of carbonyl (C=O) groups excluding carboxylic acids is 1. The Morgan fingerprint density at radius 2 is 2.07 bits per heavy atom. The minimum absolute atomic E-state index is 0.114. The Bertz CT molecular complexity index is 1110. The quantitative estimate of drug-likeness (QED) is 0.649. The normalized spacial score (nSPS) is 16.1. The van der Waals surface area contributed by atoms with Crippen molar-refractivity contribution in [3.8, 4) is 6.07 Å². The van der Waals surface area contributed by atoms with E-state index in [2.05, 4.69) is 16.4 Å². The van der Waals surface area contributed by atoms with Crippen molar-refractivity contribution in [3.63, 3.8) is 0 Å². The third-order valence-electron chi connectivity index (χ3n) is 5.50. The second-order valence-electron chi connectivity index (χ2n) is 7.66. The number of fused-ring (bicyclic) bond motifs is 1. The number of hydrogen-bond acceptors (Lipinski definition) is 4. The lowest BCUT2D eigenvalue weighted by atomic mass is 9.92. The number of imidazole rings is 1. The van der Waals surface area contributed by atoms with Gasteiger partial charge in [0.2, 0.25) is 11.9 Å². The molecule has 1 fully saturated rings. The van der Waals surface area contributed by atoms with Gasteiger partial charge in [-0.25, -0.2) is 4.98 Å². The molecule has 1 amide bonds. The van der Waals surface area contributed by atoms with Gasteiger partial charge in [-0.15, -0.1) is 0 Å². The molecule has 7 heteroatoms. The summed E-state index contributed by atoms with van der Waals surface area (Å²) in [5, 5.41) is 23.6. The van der Waals surface area contributed by atoms with Crippen LogP contribution in [0.2, 0.25) is 5.02 Å². The Morgan fingerprint density at radius 3 is 2.69 bits per heavy atom. The van der Waals surface area contributed by atoms with E-state index in [4.69, 9.17) is 11.6 Å². The first kappa shape index (κ1) is 19.4. The standard InChI is InChI=1S/C22H21ClN4O2/c1-22(29,14-6-3-2-4-7-14)12-19(28)26-21-25-18-11-10-17(23)16(13-24)20(18)27(21)15-8-5-9-15/h2-4,6-7,10-11,15,29H,5,8-9,12H2,1H3,(H,25,26,28)/t22-/m0/s1. The van der Waals surface area contributed by atoms with Crippen molar-refractivity contribution in [2.75, 3.05) is 5.32 Å². The van der Waals surface area contributed by atoms with E-state index in [0.717, 1.165) is 19.3 Å². The zero-order valence-corrected chi connectivity index (χ0v) is 16.8. The maximum Gasteiger partial charge on any atom is 0.229 e. The molecule has 0 unspecified atom stereocenters. The first-order valence-electron chi connectivity index (χ1n) is 9.59. The van der Waals surface area contributed by atoms with Crippen LogP contribution in [-0.2, 0) is 10.4 Å². The molecule has 6 nitrogen and oxygen atoms in total. The summed E-state index contributed by atoms with van der Waals surface area (Å²) >= 11 is 6.23. The number of anilines is 1. The first-order chi connectivity index (χ1) is 13.9. The van der Waals surface area contributed by atoms with Crippen molar-refractivity contribution in [2.24, 2.45) is 0 Å². The highest BCUT2D eigenvalue weighted by atomic mass is 35.5. The molecule has 3 aromatic rings. The molecule has 2 N–H and O–H groups in total. The number of rotatable bonds is 5. The zero-order chi connectivity index (χ0) is 20.6. The molecule has 1 aromatic heterocycles. The summed E-state index contributed by atoms with van der Waals surface area (Å²) < 4.78 is 1.92. The number of nitrogens with zero attached hydrogens (tertiary/aromatic N) is 3. The van der Waals surface area contributed by atoms with Crippen LogP contribution in [-0.4, -0.2) is 20.6 Å². The predicted molar refractivity (Wildman–Crippen MR) is 112 cm³/mol. The number of aromatic nitrogens is 2. The maximum atomic E-state index is 12.8. The molecule has 4 rings (SSSR count). The van der Waals surface area contributed by atoms with Gasteiger partial charge in [-0.3, -0.25) is 10.1 Å². The molecule has 0 bridgehead atoms. The van der Waals surface area contributed by atoms with E-state index < -0.39 is 5.60 Å². The minimum atomic E-state index is -1.31. The third-order valence-corrected chi connectivity index (χ3v) is 5.82. The SMILES string of the molecule is C[C@](O)(CC(=O)Nc1nc2ccc(Cl)c(C#N)c2n1C1CCC1)c1ccccc1. The molecule has 2 aromatic carbocycles. The molecule has 1 aliphatic carbocycles. The second-order valence-corrected chi connectivity index (χ2v) is 8.06. The zero-order valence-electron chi connectivity index (χ0n) is 16.0. The molecule has 148 valence electrons. The first-order valence-corrected chi connectivity index (χ1v) is 9.97. The van der Waals surface area contributed by atoms with E-state index in [-0.39, 0.29) is 18.4 Å². The highest BCUT2D eigenvalue weighted by molar-refractivity contribution is 6.32. The molecule has 1 heterocycles. The van der Waals surface area contributed by atoms with Gasteiger partial charge in [0, 0.05) is 6.04 Å². The number of benzene rings is 2. The van der Waals surface area contributed by atoms with Gasteiger partial charge < -0.3 is 9.67 Å². The smallest absolute Gasteiger partial charge is 0.229 e. The molecule has 0 spiro atoms. The van der Waals surface area contributed by atoms with Gasteiger partial charge in [0.25, 0.3) is 0 Å². The monoisotopic (exact) mass is 408 g/mol. The molecule has 29 heavy (non-hydrogen) atoms. The topological polar surface area (TPSA) is 90.9 Å². The van der Waals surface area contributed by atoms with E-state index in [9.17, 15) is 15.2 Å². The summed E-state index contributed by atoms with van der Waals surface area (Å²) in [6.45, 7) is 1.62. The Hall–Kier alpha value is -2.88. The van der Waals surface area contributed by atoms with Gasteiger partial charge in [-0.1, -0.05) is 41.9 Å². The molecule has 0 aliphatic heterocycles. The molecule has 0 radical (unpaired) electrons. The Labute approximate surface area is 173 Å². The summed E-state index contributed by atoms with van der Waals surface area (Å²) in [5.41, 5.74) is 0.985. The van der Waals surface area contributed by atoms with Gasteiger partial charge in [-0.05, 0) is 43.9 Å². The van der Waals surface area contributed by atoms with Crippen LogP contribution in [0.3, 0.4) is 0 Å². The van der Waals surface area contributed by atoms with Crippen LogP contribution in [0.15, 0.2) is 42.5 Å². The predicted octanol–water partition coefficient (Wildman–Crippen LogP) is 4.52. The largest absolute Gasteiger partial charge is 0.385 e. The van der Waals surface area contributed by atoms with Crippen molar-refractivity contribution in [1.29, 1.82) is 5.26 Å². The minimum Gasteiger partial charge on any atom is -0.385 e. The van der Waals surface area contributed by atoms with Crippen LogP contribution in [0.4, 0.5) is 5.95 Å². The average Bonchev–Trinajstić information content (AvgIpc) is 2.98. The van der Waals surface area contributed by atoms with Crippen molar-refractivity contribution < 1.29 is 9.90 Å². The van der Waals surface area contributed by atoms with Gasteiger partial charge >= 0.3 is 0 Å². The summed E-state index contributed by atoms with van der Waals surface area (Å²) in [4.78, 5) is 17.3. The number of nitriles is 1.